The van der Waals surface area contributed by atoms with Crippen molar-refractivity contribution in [2.24, 2.45) is 5.92 Å². The summed E-state index contributed by atoms with van der Waals surface area (Å²) >= 11 is 1.80. The second-order valence-electron chi connectivity index (χ2n) is 4.28. The molecule has 1 aliphatic heterocycles. The molecule has 96 valence electrons. The fourth-order valence-electron chi connectivity index (χ4n) is 1.89. The van der Waals surface area contributed by atoms with Crippen LogP contribution in [0.25, 0.3) is 0 Å². The molecule has 2 N–H and O–H groups in total. The zero-order valence-corrected chi connectivity index (χ0v) is 10.7. The first-order chi connectivity index (χ1) is 8.66. The lowest BCUT2D eigenvalue weighted by Crippen LogP contribution is -2.30. The normalized spacial score (nSPS) is 18.6. The Bertz CT molecular complexity index is 455. The number of hydrogen-bond acceptors (Lipinski definition) is 3. The number of amides is 1. The molecule has 0 aliphatic carbocycles. The van der Waals surface area contributed by atoms with Gasteiger partial charge in [0.25, 0.3) is 0 Å². The molecule has 1 aliphatic rings. The zero-order chi connectivity index (χ0) is 13.0. The number of benzene rings is 1. The summed E-state index contributed by atoms with van der Waals surface area (Å²) < 4.78 is 0. The highest BCUT2D eigenvalue weighted by Gasteiger charge is 2.22. The van der Waals surface area contributed by atoms with Gasteiger partial charge in [0.1, 0.15) is 0 Å². The molecule has 1 heterocycles. The lowest BCUT2D eigenvalue weighted by atomic mass is 10.1. The fourth-order valence-corrected chi connectivity index (χ4v) is 3.11. The van der Waals surface area contributed by atoms with Crippen molar-refractivity contribution in [3.05, 3.63) is 35.4 Å². The quantitative estimate of drug-likeness (QED) is 0.870. The van der Waals surface area contributed by atoms with Crippen molar-refractivity contribution in [1.29, 1.82) is 0 Å². The largest absolute Gasteiger partial charge is 0.478 e. The number of carbonyl (C=O) groups excluding carboxylic acids is 1. The summed E-state index contributed by atoms with van der Waals surface area (Å²) in [4.78, 5) is 22.6. The maximum absolute atomic E-state index is 11.8. The summed E-state index contributed by atoms with van der Waals surface area (Å²) in [5, 5.41) is 11.7. The van der Waals surface area contributed by atoms with E-state index in [1.54, 1.807) is 30.0 Å². The van der Waals surface area contributed by atoms with E-state index in [1.165, 1.54) is 0 Å². The number of carbonyl (C=O) groups is 2. The van der Waals surface area contributed by atoms with Crippen LogP contribution in [-0.4, -0.2) is 28.5 Å². The minimum Gasteiger partial charge on any atom is -0.478 e. The third-order valence-corrected chi connectivity index (χ3v) is 4.10. The van der Waals surface area contributed by atoms with Crippen molar-refractivity contribution in [3.63, 3.8) is 0 Å². The Morgan fingerprint density at radius 1 is 1.44 bits per heavy atom. The molecule has 1 aromatic carbocycles. The summed E-state index contributed by atoms with van der Waals surface area (Å²) in [6, 6.07) is 6.64. The molecule has 0 bridgehead atoms. The van der Waals surface area contributed by atoms with E-state index in [4.69, 9.17) is 5.11 Å². The van der Waals surface area contributed by atoms with Gasteiger partial charge in [-0.1, -0.05) is 12.1 Å². The minimum absolute atomic E-state index is 0.0701. The Hall–Kier alpha value is -1.49. The third kappa shape index (κ3) is 3.26. The van der Waals surface area contributed by atoms with Crippen molar-refractivity contribution >= 4 is 23.6 Å². The topological polar surface area (TPSA) is 66.4 Å². The SMILES string of the molecule is O=C(O)c1cccc(CNC(=O)C2CCSC2)c1. The van der Waals surface area contributed by atoms with Crippen molar-refractivity contribution in [2.75, 3.05) is 11.5 Å². The van der Waals surface area contributed by atoms with Crippen molar-refractivity contribution in [3.8, 4) is 0 Å². The van der Waals surface area contributed by atoms with Gasteiger partial charge < -0.3 is 10.4 Å². The third-order valence-electron chi connectivity index (χ3n) is 2.94. The number of aromatic carboxylic acids is 1. The van der Waals surface area contributed by atoms with Crippen LogP contribution in [0.4, 0.5) is 0 Å². The van der Waals surface area contributed by atoms with Crippen LogP contribution in [0.5, 0.6) is 0 Å². The van der Waals surface area contributed by atoms with Gasteiger partial charge in [-0.2, -0.15) is 11.8 Å². The van der Waals surface area contributed by atoms with Crippen LogP contribution >= 0.6 is 11.8 Å². The predicted octanol–water partition coefficient (Wildman–Crippen LogP) is 1.75. The van der Waals surface area contributed by atoms with Gasteiger partial charge in [0, 0.05) is 18.2 Å². The highest BCUT2D eigenvalue weighted by atomic mass is 32.2. The summed E-state index contributed by atoms with van der Waals surface area (Å²) in [6.45, 7) is 0.390. The minimum atomic E-state index is -0.949. The molecule has 4 nitrogen and oxygen atoms in total. The lowest BCUT2D eigenvalue weighted by molar-refractivity contribution is -0.124. The highest BCUT2D eigenvalue weighted by molar-refractivity contribution is 7.99. The molecule has 2 rings (SSSR count). The average Bonchev–Trinajstić information content (AvgIpc) is 2.90. The van der Waals surface area contributed by atoms with Gasteiger partial charge in [0.15, 0.2) is 0 Å². The van der Waals surface area contributed by atoms with Gasteiger partial charge in [-0.05, 0) is 29.9 Å². The van der Waals surface area contributed by atoms with Crippen LogP contribution in [0.3, 0.4) is 0 Å². The number of thioether (sulfide) groups is 1. The maximum atomic E-state index is 11.8. The molecule has 1 fully saturated rings. The van der Waals surface area contributed by atoms with E-state index < -0.39 is 5.97 Å². The predicted molar refractivity (Wildman–Crippen MR) is 70.7 cm³/mol. The number of carboxylic acids is 1. The molecule has 1 saturated heterocycles. The summed E-state index contributed by atoms with van der Waals surface area (Å²) in [7, 11) is 0. The molecule has 1 atom stereocenters. The number of hydrogen-bond donors (Lipinski definition) is 2. The van der Waals surface area contributed by atoms with Gasteiger partial charge in [-0.25, -0.2) is 4.79 Å². The van der Waals surface area contributed by atoms with Crippen LogP contribution < -0.4 is 5.32 Å². The van der Waals surface area contributed by atoms with Crippen molar-refractivity contribution in [2.45, 2.75) is 13.0 Å². The number of rotatable bonds is 4. The van der Waals surface area contributed by atoms with Gasteiger partial charge >= 0.3 is 5.97 Å². The summed E-state index contributed by atoms with van der Waals surface area (Å²) in [5.41, 5.74) is 1.06. The van der Waals surface area contributed by atoms with Crippen molar-refractivity contribution < 1.29 is 14.7 Å². The Labute approximate surface area is 110 Å². The first-order valence-electron chi connectivity index (χ1n) is 5.84. The summed E-state index contributed by atoms with van der Waals surface area (Å²) in [5.74, 6) is 1.17. The Morgan fingerprint density at radius 3 is 2.94 bits per heavy atom. The van der Waals surface area contributed by atoms with Gasteiger partial charge in [0.05, 0.1) is 5.56 Å². The first-order valence-corrected chi connectivity index (χ1v) is 7.00. The second kappa shape index (κ2) is 5.91. The van der Waals surface area contributed by atoms with E-state index in [0.717, 1.165) is 23.5 Å². The van der Waals surface area contributed by atoms with Crippen LogP contribution in [0.1, 0.15) is 22.3 Å². The van der Waals surface area contributed by atoms with Gasteiger partial charge in [0.2, 0.25) is 5.91 Å². The molecule has 1 amide bonds. The van der Waals surface area contributed by atoms with Crippen LogP contribution in [-0.2, 0) is 11.3 Å². The molecule has 0 saturated carbocycles. The van der Waals surface area contributed by atoms with E-state index in [-0.39, 0.29) is 17.4 Å². The highest BCUT2D eigenvalue weighted by Crippen LogP contribution is 2.23. The van der Waals surface area contributed by atoms with Crippen LogP contribution in [0.15, 0.2) is 24.3 Å². The first kappa shape index (κ1) is 13.0. The maximum Gasteiger partial charge on any atom is 0.335 e. The Balaban J connectivity index is 1.91. The second-order valence-corrected chi connectivity index (χ2v) is 5.43. The van der Waals surface area contributed by atoms with E-state index in [2.05, 4.69) is 5.32 Å². The van der Waals surface area contributed by atoms with Gasteiger partial charge in [-0.3, -0.25) is 4.79 Å². The number of carboxylic acid groups (broad SMARTS) is 1. The molecule has 1 unspecified atom stereocenters. The van der Waals surface area contributed by atoms with Crippen molar-refractivity contribution in [1.82, 2.24) is 5.32 Å². The van der Waals surface area contributed by atoms with E-state index >= 15 is 0 Å². The van der Waals surface area contributed by atoms with E-state index in [0.29, 0.717) is 6.54 Å². The van der Waals surface area contributed by atoms with Crippen LogP contribution in [0.2, 0.25) is 0 Å². The molecular weight excluding hydrogens is 250 g/mol. The molecule has 18 heavy (non-hydrogen) atoms. The molecule has 5 heteroatoms. The fraction of sp³-hybridized carbons (Fsp3) is 0.385. The standard InChI is InChI=1S/C13H15NO3S/c15-12(11-4-5-18-8-11)14-7-9-2-1-3-10(6-9)13(16)17/h1-3,6,11H,4-5,7-8H2,(H,14,15)(H,16,17). The smallest absolute Gasteiger partial charge is 0.335 e. The van der Waals surface area contributed by atoms with Gasteiger partial charge in [-0.15, -0.1) is 0 Å². The molecule has 0 aromatic heterocycles. The van der Waals surface area contributed by atoms with Crippen LogP contribution in [0, 0.1) is 5.92 Å². The monoisotopic (exact) mass is 265 g/mol. The zero-order valence-electron chi connectivity index (χ0n) is 9.89. The van der Waals surface area contributed by atoms with E-state index in [9.17, 15) is 9.59 Å². The Kier molecular flexibility index (Phi) is 4.25. The average molecular weight is 265 g/mol. The lowest BCUT2D eigenvalue weighted by Gasteiger charge is -2.10. The number of nitrogens with one attached hydrogen (secondary N) is 1. The Morgan fingerprint density at radius 2 is 2.28 bits per heavy atom. The molecule has 0 spiro atoms. The molecular formula is C13H15NO3S. The molecule has 1 aromatic rings. The van der Waals surface area contributed by atoms with E-state index in [1.807, 2.05) is 6.07 Å². The molecule has 0 radical (unpaired) electrons. The summed E-state index contributed by atoms with van der Waals surface area (Å²) in [6.07, 6.45) is 0.936.